The van der Waals surface area contributed by atoms with Crippen LogP contribution >= 0.6 is 0 Å². The number of nitrogens with one attached hydrogen (secondary N) is 1. The first-order valence-electron chi connectivity index (χ1n) is 11.0. The Balaban J connectivity index is 1.52. The van der Waals surface area contributed by atoms with E-state index in [0.717, 1.165) is 34.8 Å². The fraction of sp³-hybridized carbons (Fsp3) is 0.222. The Labute approximate surface area is 193 Å². The van der Waals surface area contributed by atoms with E-state index in [4.69, 9.17) is 14.7 Å². The van der Waals surface area contributed by atoms with E-state index in [-0.39, 0.29) is 0 Å². The van der Waals surface area contributed by atoms with Crippen LogP contribution in [-0.4, -0.2) is 30.2 Å². The van der Waals surface area contributed by atoms with Gasteiger partial charge in [-0.2, -0.15) is 5.26 Å². The average molecular weight is 439 g/mol. The second-order valence-electron chi connectivity index (χ2n) is 7.52. The predicted octanol–water partition coefficient (Wildman–Crippen LogP) is 5.42. The Bertz CT molecular complexity index is 1300. The lowest BCUT2D eigenvalue weighted by Crippen LogP contribution is -2.08. The third-order valence-electron chi connectivity index (χ3n) is 5.50. The molecule has 166 valence electrons. The van der Waals surface area contributed by atoms with Gasteiger partial charge < -0.3 is 14.8 Å². The normalized spacial score (nSPS) is 10.6. The second-order valence-corrected chi connectivity index (χ2v) is 7.52. The van der Waals surface area contributed by atoms with E-state index >= 15 is 0 Å². The molecule has 4 aromatic rings. The fourth-order valence-electron chi connectivity index (χ4n) is 3.93. The highest BCUT2D eigenvalue weighted by molar-refractivity contribution is 5.87. The maximum atomic E-state index is 9.05. The van der Waals surface area contributed by atoms with Crippen molar-refractivity contribution in [3.8, 4) is 28.8 Å². The van der Waals surface area contributed by atoms with Gasteiger partial charge in [0.2, 0.25) is 0 Å². The number of nitriles is 1. The van der Waals surface area contributed by atoms with Crippen LogP contribution in [-0.2, 0) is 12.8 Å². The summed E-state index contributed by atoms with van der Waals surface area (Å²) in [5.41, 5.74) is 3.76. The van der Waals surface area contributed by atoms with Crippen LogP contribution in [0.5, 0.6) is 11.5 Å². The number of nitrogens with zero attached hydrogens (tertiary/aromatic N) is 3. The highest BCUT2D eigenvalue weighted by Crippen LogP contribution is 2.29. The lowest BCUT2D eigenvalue weighted by atomic mass is 10.0. The van der Waals surface area contributed by atoms with Gasteiger partial charge in [0.05, 0.1) is 31.9 Å². The van der Waals surface area contributed by atoms with Crippen molar-refractivity contribution < 1.29 is 9.47 Å². The summed E-state index contributed by atoms with van der Waals surface area (Å²) in [7, 11) is 1.70. The number of ether oxygens (including phenoxy) is 2. The van der Waals surface area contributed by atoms with Gasteiger partial charge in [0, 0.05) is 29.3 Å². The van der Waals surface area contributed by atoms with E-state index < -0.39 is 0 Å². The molecule has 0 aliphatic rings. The molecule has 3 aromatic carbocycles. The van der Waals surface area contributed by atoms with Crippen LogP contribution in [0, 0.1) is 11.3 Å². The van der Waals surface area contributed by atoms with Gasteiger partial charge in [-0.1, -0.05) is 42.5 Å². The van der Waals surface area contributed by atoms with Crippen molar-refractivity contribution in [2.75, 3.05) is 25.6 Å². The summed E-state index contributed by atoms with van der Waals surface area (Å²) < 4.78 is 11.3. The number of methoxy groups -OCH3 is 1. The molecule has 6 nitrogen and oxygen atoms in total. The van der Waals surface area contributed by atoms with E-state index in [1.165, 1.54) is 16.3 Å². The Kier molecular flexibility index (Phi) is 7.01. The summed E-state index contributed by atoms with van der Waals surface area (Å²) in [5.74, 6) is 2.35. The molecule has 0 aliphatic heterocycles. The Morgan fingerprint density at radius 2 is 1.88 bits per heavy atom. The van der Waals surface area contributed by atoms with Crippen LogP contribution in [0.25, 0.3) is 22.0 Å². The molecule has 0 saturated carbocycles. The molecule has 0 radical (unpaired) electrons. The summed E-state index contributed by atoms with van der Waals surface area (Å²) in [6.07, 6.45) is 2.66. The molecular formula is C27H26N4O2. The minimum Gasteiger partial charge on any atom is -0.496 e. The van der Waals surface area contributed by atoms with Gasteiger partial charge in [0.1, 0.15) is 23.6 Å². The summed E-state index contributed by atoms with van der Waals surface area (Å²) in [4.78, 5) is 8.81. The highest BCUT2D eigenvalue weighted by Gasteiger charge is 2.10. The van der Waals surface area contributed by atoms with Gasteiger partial charge in [-0.25, -0.2) is 9.97 Å². The first-order valence-corrected chi connectivity index (χ1v) is 11.0. The van der Waals surface area contributed by atoms with E-state index in [2.05, 4.69) is 39.6 Å². The van der Waals surface area contributed by atoms with E-state index in [1.807, 2.05) is 49.4 Å². The van der Waals surface area contributed by atoms with E-state index in [0.29, 0.717) is 25.3 Å². The molecule has 1 heterocycles. The van der Waals surface area contributed by atoms with Gasteiger partial charge in [-0.05, 0) is 36.2 Å². The Hall–Kier alpha value is -4.11. The maximum Gasteiger partial charge on any atom is 0.129 e. The number of anilines is 1. The lowest BCUT2D eigenvalue weighted by molar-refractivity contribution is 0.337. The number of hydrogen-bond acceptors (Lipinski definition) is 6. The monoisotopic (exact) mass is 438 g/mol. The number of fused-ring (bicyclic) bond motifs is 1. The minimum atomic E-state index is 0.309. The van der Waals surface area contributed by atoms with Gasteiger partial charge in [-0.15, -0.1) is 0 Å². The van der Waals surface area contributed by atoms with Crippen molar-refractivity contribution in [1.82, 2.24) is 9.97 Å². The van der Waals surface area contributed by atoms with Crippen LogP contribution < -0.4 is 14.8 Å². The quantitative estimate of drug-likeness (QED) is 0.376. The highest BCUT2D eigenvalue weighted by atomic mass is 16.5. The molecule has 1 N–H and O–H groups in total. The van der Waals surface area contributed by atoms with Crippen LogP contribution in [0.2, 0.25) is 0 Å². The topological polar surface area (TPSA) is 80.1 Å². The maximum absolute atomic E-state index is 9.05. The molecule has 0 spiro atoms. The second kappa shape index (κ2) is 10.5. The smallest absolute Gasteiger partial charge is 0.129 e. The summed E-state index contributed by atoms with van der Waals surface area (Å²) in [5, 5.41) is 14.9. The molecule has 0 fully saturated rings. The largest absolute Gasteiger partial charge is 0.496 e. The molecule has 0 aliphatic carbocycles. The zero-order chi connectivity index (χ0) is 23.0. The SMILES string of the molecule is CCOc1cc(-c2cc(NCCc3c(OC)ccc4ccccc34)ncn2)ccc1CC#N. The van der Waals surface area contributed by atoms with E-state index in [1.54, 1.807) is 13.4 Å². The third-order valence-corrected chi connectivity index (χ3v) is 5.50. The summed E-state index contributed by atoms with van der Waals surface area (Å²) >= 11 is 0. The van der Waals surface area contributed by atoms with Crippen molar-refractivity contribution in [1.29, 1.82) is 5.26 Å². The number of rotatable bonds is 9. The van der Waals surface area contributed by atoms with Crippen molar-refractivity contribution >= 4 is 16.6 Å². The zero-order valence-corrected chi connectivity index (χ0v) is 18.8. The molecule has 0 saturated heterocycles. The van der Waals surface area contributed by atoms with Gasteiger partial charge in [0.25, 0.3) is 0 Å². The van der Waals surface area contributed by atoms with Crippen molar-refractivity contribution in [2.24, 2.45) is 0 Å². The van der Waals surface area contributed by atoms with Crippen LogP contribution in [0.4, 0.5) is 5.82 Å². The molecule has 0 atom stereocenters. The molecule has 1 aromatic heterocycles. The summed E-state index contributed by atoms with van der Waals surface area (Å²) in [6.45, 7) is 3.17. The van der Waals surface area contributed by atoms with Crippen LogP contribution in [0.15, 0.2) is 67.0 Å². The van der Waals surface area contributed by atoms with Crippen LogP contribution in [0.3, 0.4) is 0 Å². The molecule has 6 heteroatoms. The van der Waals surface area contributed by atoms with Crippen molar-refractivity contribution in [3.05, 3.63) is 78.1 Å². The molecule has 0 bridgehead atoms. The first-order chi connectivity index (χ1) is 16.2. The van der Waals surface area contributed by atoms with Crippen molar-refractivity contribution in [2.45, 2.75) is 19.8 Å². The number of aromatic nitrogens is 2. The van der Waals surface area contributed by atoms with E-state index in [9.17, 15) is 0 Å². The molecule has 4 rings (SSSR count). The third kappa shape index (κ3) is 5.04. The van der Waals surface area contributed by atoms with Crippen LogP contribution in [0.1, 0.15) is 18.1 Å². The fourth-order valence-corrected chi connectivity index (χ4v) is 3.93. The summed E-state index contributed by atoms with van der Waals surface area (Å²) in [6, 6.07) is 22.4. The van der Waals surface area contributed by atoms with Gasteiger partial charge in [0.15, 0.2) is 0 Å². The zero-order valence-electron chi connectivity index (χ0n) is 18.8. The standard InChI is InChI=1S/C27H26N4O2/c1-3-33-26-16-21(9-8-20(26)12-14-28)24-17-27(31-18-30-24)29-15-13-23-22-7-5-4-6-19(22)10-11-25(23)32-2/h4-11,16-18H,3,12-13,15H2,1-2H3,(H,29,30,31). The number of hydrogen-bond donors (Lipinski definition) is 1. The number of benzene rings is 3. The van der Waals surface area contributed by atoms with Gasteiger partial charge >= 0.3 is 0 Å². The molecule has 33 heavy (non-hydrogen) atoms. The predicted molar refractivity (Wildman–Crippen MR) is 131 cm³/mol. The molecule has 0 amide bonds. The molecular weight excluding hydrogens is 412 g/mol. The first kappa shape index (κ1) is 22.1. The lowest BCUT2D eigenvalue weighted by Gasteiger charge is -2.13. The van der Waals surface area contributed by atoms with Gasteiger partial charge in [-0.3, -0.25) is 0 Å². The minimum absolute atomic E-state index is 0.309. The Morgan fingerprint density at radius 3 is 2.70 bits per heavy atom. The molecule has 0 unspecified atom stereocenters. The van der Waals surface area contributed by atoms with Crippen molar-refractivity contribution in [3.63, 3.8) is 0 Å². The Morgan fingerprint density at radius 1 is 1.00 bits per heavy atom. The average Bonchev–Trinajstić information content (AvgIpc) is 2.85.